The maximum absolute atomic E-state index is 5.33. The molecule has 0 amide bonds. The van der Waals surface area contributed by atoms with E-state index in [4.69, 9.17) is 4.74 Å². The summed E-state index contributed by atoms with van der Waals surface area (Å²) in [6.45, 7) is 8.39. The van der Waals surface area contributed by atoms with Gasteiger partial charge in [0.2, 0.25) is 0 Å². The first-order valence-corrected chi connectivity index (χ1v) is 5.99. The number of rotatable bonds is 9. The van der Waals surface area contributed by atoms with Gasteiger partial charge in [0.15, 0.2) is 0 Å². The molecule has 0 aromatic rings. The molecule has 0 aliphatic heterocycles. The van der Waals surface area contributed by atoms with Crippen LogP contribution >= 0.6 is 0 Å². The second kappa shape index (κ2) is 9.47. The monoisotopic (exact) mass is 201 g/mol. The quantitative estimate of drug-likeness (QED) is 0.579. The average Bonchev–Trinajstić information content (AvgIpc) is 2.22. The van der Waals surface area contributed by atoms with E-state index in [1.54, 1.807) is 0 Å². The molecule has 2 nitrogen and oxygen atoms in total. The predicted molar refractivity (Wildman–Crippen MR) is 62.6 cm³/mol. The Morgan fingerprint density at radius 3 is 2.50 bits per heavy atom. The van der Waals surface area contributed by atoms with Crippen LogP contribution in [0.25, 0.3) is 0 Å². The van der Waals surface area contributed by atoms with Crippen LogP contribution in [0.3, 0.4) is 0 Å². The van der Waals surface area contributed by atoms with Crippen molar-refractivity contribution in [2.45, 2.75) is 52.5 Å². The first kappa shape index (κ1) is 13.9. The van der Waals surface area contributed by atoms with Crippen LogP contribution in [-0.2, 0) is 4.74 Å². The molecule has 0 radical (unpaired) electrons. The highest BCUT2D eigenvalue weighted by Crippen LogP contribution is 2.13. The molecule has 0 spiro atoms. The van der Waals surface area contributed by atoms with Crippen molar-refractivity contribution in [3.8, 4) is 0 Å². The SMILES string of the molecule is CCOCCCC(CC(C)CC)NC. The highest BCUT2D eigenvalue weighted by Gasteiger charge is 2.09. The minimum absolute atomic E-state index is 0.672. The molecule has 0 saturated heterocycles. The Morgan fingerprint density at radius 2 is 2.00 bits per heavy atom. The minimum atomic E-state index is 0.672. The van der Waals surface area contributed by atoms with Crippen molar-refractivity contribution >= 4 is 0 Å². The van der Waals surface area contributed by atoms with Crippen molar-refractivity contribution in [3.05, 3.63) is 0 Å². The first-order valence-electron chi connectivity index (χ1n) is 5.99. The molecular formula is C12H27NO. The lowest BCUT2D eigenvalue weighted by molar-refractivity contribution is 0.140. The number of hydrogen-bond acceptors (Lipinski definition) is 2. The molecule has 0 rings (SSSR count). The third kappa shape index (κ3) is 7.34. The van der Waals surface area contributed by atoms with Gasteiger partial charge < -0.3 is 10.1 Å². The third-order valence-electron chi connectivity index (χ3n) is 2.84. The summed E-state index contributed by atoms with van der Waals surface area (Å²) in [5.74, 6) is 0.833. The van der Waals surface area contributed by atoms with Crippen LogP contribution in [-0.4, -0.2) is 26.3 Å². The number of hydrogen-bond donors (Lipinski definition) is 1. The molecule has 0 saturated carbocycles. The molecule has 0 aliphatic carbocycles. The van der Waals surface area contributed by atoms with E-state index in [2.05, 4.69) is 33.1 Å². The minimum Gasteiger partial charge on any atom is -0.382 e. The zero-order chi connectivity index (χ0) is 10.8. The Bertz CT molecular complexity index is 117. The summed E-state index contributed by atoms with van der Waals surface area (Å²) in [6.07, 6.45) is 4.99. The van der Waals surface area contributed by atoms with Gasteiger partial charge in [0, 0.05) is 19.3 Å². The van der Waals surface area contributed by atoms with Crippen molar-refractivity contribution in [3.63, 3.8) is 0 Å². The molecule has 0 aromatic carbocycles. The maximum atomic E-state index is 5.33. The Morgan fingerprint density at radius 1 is 1.29 bits per heavy atom. The molecule has 1 N–H and O–H groups in total. The lowest BCUT2D eigenvalue weighted by Gasteiger charge is -2.19. The van der Waals surface area contributed by atoms with E-state index in [0.717, 1.165) is 19.1 Å². The first-order chi connectivity index (χ1) is 6.74. The fraction of sp³-hybridized carbons (Fsp3) is 1.00. The van der Waals surface area contributed by atoms with Gasteiger partial charge in [-0.1, -0.05) is 20.3 Å². The van der Waals surface area contributed by atoms with Gasteiger partial charge in [0.1, 0.15) is 0 Å². The standard InChI is InChI=1S/C12H27NO/c1-5-11(3)10-12(13-4)8-7-9-14-6-2/h11-13H,5-10H2,1-4H3. The van der Waals surface area contributed by atoms with Gasteiger partial charge >= 0.3 is 0 Å². The van der Waals surface area contributed by atoms with E-state index in [1.807, 2.05) is 0 Å². The fourth-order valence-electron chi connectivity index (χ4n) is 1.61. The molecule has 2 atom stereocenters. The van der Waals surface area contributed by atoms with Gasteiger partial charge in [-0.05, 0) is 39.2 Å². The molecule has 86 valence electrons. The average molecular weight is 201 g/mol. The van der Waals surface area contributed by atoms with Gasteiger partial charge in [0.05, 0.1) is 0 Å². The summed E-state index contributed by atoms with van der Waals surface area (Å²) >= 11 is 0. The van der Waals surface area contributed by atoms with Crippen LogP contribution in [0.1, 0.15) is 46.5 Å². The summed E-state index contributed by atoms with van der Waals surface area (Å²) < 4.78 is 5.33. The molecule has 14 heavy (non-hydrogen) atoms. The van der Waals surface area contributed by atoms with E-state index >= 15 is 0 Å². The van der Waals surface area contributed by atoms with Gasteiger partial charge in [-0.15, -0.1) is 0 Å². The van der Waals surface area contributed by atoms with Crippen LogP contribution in [0, 0.1) is 5.92 Å². The van der Waals surface area contributed by atoms with Gasteiger partial charge in [-0.3, -0.25) is 0 Å². The topological polar surface area (TPSA) is 21.3 Å². The van der Waals surface area contributed by atoms with Crippen LogP contribution < -0.4 is 5.32 Å². The van der Waals surface area contributed by atoms with Crippen LogP contribution in [0.2, 0.25) is 0 Å². The van der Waals surface area contributed by atoms with Gasteiger partial charge in [-0.2, -0.15) is 0 Å². The van der Waals surface area contributed by atoms with E-state index < -0.39 is 0 Å². The molecule has 0 bridgehead atoms. The number of nitrogens with one attached hydrogen (secondary N) is 1. The Kier molecular flexibility index (Phi) is 9.42. The van der Waals surface area contributed by atoms with Crippen molar-refractivity contribution in [2.75, 3.05) is 20.3 Å². The Labute approximate surface area is 89.4 Å². The van der Waals surface area contributed by atoms with Gasteiger partial charge in [0.25, 0.3) is 0 Å². The molecule has 2 unspecified atom stereocenters. The van der Waals surface area contributed by atoms with E-state index in [-0.39, 0.29) is 0 Å². The number of ether oxygens (including phenoxy) is 1. The van der Waals surface area contributed by atoms with Crippen LogP contribution in [0.4, 0.5) is 0 Å². The third-order valence-corrected chi connectivity index (χ3v) is 2.84. The van der Waals surface area contributed by atoms with Crippen molar-refractivity contribution in [2.24, 2.45) is 5.92 Å². The lowest BCUT2D eigenvalue weighted by atomic mass is 9.96. The fourth-order valence-corrected chi connectivity index (χ4v) is 1.61. The summed E-state index contributed by atoms with van der Waals surface area (Å²) in [6, 6.07) is 0.672. The van der Waals surface area contributed by atoms with E-state index in [9.17, 15) is 0 Å². The zero-order valence-electron chi connectivity index (χ0n) is 10.3. The molecule has 0 aromatic heterocycles. The normalized spacial score (nSPS) is 15.4. The van der Waals surface area contributed by atoms with Crippen molar-refractivity contribution in [1.29, 1.82) is 0 Å². The molecule has 0 fully saturated rings. The highest BCUT2D eigenvalue weighted by molar-refractivity contribution is 4.67. The van der Waals surface area contributed by atoms with Crippen LogP contribution in [0.5, 0.6) is 0 Å². The summed E-state index contributed by atoms with van der Waals surface area (Å²) in [5.41, 5.74) is 0. The van der Waals surface area contributed by atoms with E-state index in [1.165, 1.54) is 25.7 Å². The lowest BCUT2D eigenvalue weighted by Crippen LogP contribution is -2.27. The maximum Gasteiger partial charge on any atom is 0.0466 e. The van der Waals surface area contributed by atoms with Gasteiger partial charge in [-0.25, -0.2) is 0 Å². The molecular weight excluding hydrogens is 174 g/mol. The Hall–Kier alpha value is -0.0800. The molecule has 0 heterocycles. The predicted octanol–water partition coefficient (Wildman–Crippen LogP) is 2.83. The largest absolute Gasteiger partial charge is 0.382 e. The summed E-state index contributed by atoms with van der Waals surface area (Å²) in [7, 11) is 2.06. The highest BCUT2D eigenvalue weighted by atomic mass is 16.5. The van der Waals surface area contributed by atoms with Crippen molar-refractivity contribution in [1.82, 2.24) is 5.32 Å². The second-order valence-corrected chi connectivity index (χ2v) is 4.07. The van der Waals surface area contributed by atoms with Crippen LogP contribution in [0.15, 0.2) is 0 Å². The van der Waals surface area contributed by atoms with E-state index in [0.29, 0.717) is 6.04 Å². The molecule has 0 aliphatic rings. The Balaban J connectivity index is 3.47. The second-order valence-electron chi connectivity index (χ2n) is 4.07. The summed E-state index contributed by atoms with van der Waals surface area (Å²) in [4.78, 5) is 0. The van der Waals surface area contributed by atoms with Crippen molar-refractivity contribution < 1.29 is 4.74 Å². The summed E-state index contributed by atoms with van der Waals surface area (Å²) in [5, 5.41) is 3.39. The molecule has 2 heteroatoms. The smallest absolute Gasteiger partial charge is 0.0466 e. The zero-order valence-corrected chi connectivity index (χ0v) is 10.3.